The molecule has 12 nitrogen and oxygen atoms in total. The summed E-state index contributed by atoms with van der Waals surface area (Å²) in [6.07, 6.45) is 10.1. The summed E-state index contributed by atoms with van der Waals surface area (Å²) in [4.78, 5) is 53.3. The van der Waals surface area contributed by atoms with E-state index in [4.69, 9.17) is 9.47 Å². The average Bonchev–Trinajstić information content (AvgIpc) is 3.82. The van der Waals surface area contributed by atoms with Crippen LogP contribution in [0.5, 0.6) is 0 Å². The van der Waals surface area contributed by atoms with Gasteiger partial charge in [-0.05, 0) is 48.9 Å². The first-order valence-corrected chi connectivity index (χ1v) is 18.7. The summed E-state index contributed by atoms with van der Waals surface area (Å²) in [5.74, 6) is -0.522. The molecule has 2 aliphatic heterocycles. The molecule has 274 valence electrons. The monoisotopic (exact) mass is 706 g/mol. The molecule has 0 saturated carbocycles. The Morgan fingerprint density at radius 3 is 1.48 bits per heavy atom. The number of fused-ring (bicyclic) bond motifs is 2. The summed E-state index contributed by atoms with van der Waals surface area (Å²) >= 11 is 0. The smallest absolute Gasteiger partial charge is 0.274 e. The van der Waals surface area contributed by atoms with Crippen molar-refractivity contribution in [2.24, 2.45) is 0 Å². The van der Waals surface area contributed by atoms with Gasteiger partial charge in [0.15, 0.2) is 11.4 Å². The Bertz CT molecular complexity index is 1770. The van der Waals surface area contributed by atoms with Gasteiger partial charge in [-0.3, -0.25) is 19.4 Å². The van der Waals surface area contributed by atoms with Gasteiger partial charge in [0.2, 0.25) is 0 Å². The van der Waals surface area contributed by atoms with E-state index in [1.165, 1.54) is 12.4 Å². The number of hydrogen-bond donors (Lipinski definition) is 2. The summed E-state index contributed by atoms with van der Waals surface area (Å²) < 4.78 is 11.1. The first kappa shape index (κ1) is 35.8. The molecule has 2 saturated heterocycles. The van der Waals surface area contributed by atoms with E-state index < -0.39 is 0 Å². The highest BCUT2D eigenvalue weighted by Crippen LogP contribution is 2.21. The van der Waals surface area contributed by atoms with Crippen molar-refractivity contribution in [3.63, 3.8) is 0 Å². The van der Waals surface area contributed by atoms with Crippen LogP contribution in [0.25, 0.3) is 21.8 Å². The molecule has 5 heterocycles. The van der Waals surface area contributed by atoms with E-state index in [0.29, 0.717) is 39.0 Å². The van der Waals surface area contributed by atoms with Gasteiger partial charge in [-0.15, -0.1) is 0 Å². The SMILES string of the molecule is O=C(c1nccnc1C(=O)N(CCCN1CCOCC1)CCc1c[nH]c2ccccc12)N(CCCN1CCOCC1)CCc1c[nH]c2ccccc12. The van der Waals surface area contributed by atoms with Gasteiger partial charge < -0.3 is 29.2 Å². The lowest BCUT2D eigenvalue weighted by Crippen LogP contribution is -2.41. The molecule has 0 unspecified atom stereocenters. The minimum atomic E-state index is -0.261. The molecule has 0 bridgehead atoms. The van der Waals surface area contributed by atoms with Gasteiger partial charge in [0, 0.05) is 112 Å². The number of carbonyl (C=O) groups is 2. The molecular formula is C40H50N8O4. The summed E-state index contributed by atoms with van der Waals surface area (Å²) in [6.45, 7) is 10.4. The molecule has 2 aromatic carbocycles. The number of hydrogen-bond acceptors (Lipinski definition) is 8. The Morgan fingerprint density at radius 2 is 1.04 bits per heavy atom. The Morgan fingerprint density at radius 1 is 0.615 bits per heavy atom. The number of amides is 2. The number of ether oxygens (including phenoxy) is 2. The highest BCUT2D eigenvalue weighted by Gasteiger charge is 2.28. The standard InChI is InChI=1S/C40H50N8O4/c49-39(47(17-5-15-45-21-25-51-26-22-45)19-11-31-29-43-35-9-3-1-7-33(31)35)37-38(42-14-13-41-37)40(50)48(18-6-16-46-23-27-52-28-24-46)20-12-32-30-44-36-10-4-2-8-34(32)36/h1-4,7-10,13-14,29-30,43-44H,5-6,11-12,15-28H2. The molecule has 2 fully saturated rings. The maximum atomic E-state index is 14.5. The van der Waals surface area contributed by atoms with Crippen molar-refractivity contribution >= 4 is 33.6 Å². The van der Waals surface area contributed by atoms with Crippen LogP contribution < -0.4 is 0 Å². The second-order valence-electron chi connectivity index (χ2n) is 13.7. The van der Waals surface area contributed by atoms with Crippen molar-refractivity contribution in [1.29, 1.82) is 0 Å². The predicted octanol–water partition coefficient (Wildman–Crippen LogP) is 4.25. The summed E-state index contributed by atoms with van der Waals surface area (Å²) in [5, 5.41) is 2.31. The van der Waals surface area contributed by atoms with Gasteiger partial charge in [-0.2, -0.15) is 0 Å². The molecule has 0 aliphatic carbocycles. The lowest BCUT2D eigenvalue weighted by atomic mass is 10.1. The molecule has 7 rings (SSSR count). The highest BCUT2D eigenvalue weighted by atomic mass is 16.5. The molecular weight excluding hydrogens is 656 g/mol. The second-order valence-corrected chi connectivity index (χ2v) is 13.7. The molecule has 0 atom stereocenters. The second kappa shape index (κ2) is 17.7. The molecule has 2 N–H and O–H groups in total. The third-order valence-corrected chi connectivity index (χ3v) is 10.3. The molecule has 2 amide bonds. The normalized spacial score (nSPS) is 15.7. The summed E-state index contributed by atoms with van der Waals surface area (Å²) in [5.41, 5.74) is 4.68. The Balaban J connectivity index is 1.10. The number of H-pyrrole nitrogens is 2. The largest absolute Gasteiger partial charge is 0.379 e. The fourth-order valence-corrected chi connectivity index (χ4v) is 7.39. The lowest BCUT2D eigenvalue weighted by Gasteiger charge is -2.29. The topological polar surface area (TPSA) is 123 Å². The molecule has 5 aromatic rings. The van der Waals surface area contributed by atoms with E-state index in [-0.39, 0.29) is 23.2 Å². The minimum Gasteiger partial charge on any atom is -0.379 e. The number of carbonyl (C=O) groups excluding carboxylic acids is 2. The molecule has 0 spiro atoms. The van der Waals surface area contributed by atoms with Crippen molar-refractivity contribution in [1.82, 2.24) is 39.5 Å². The van der Waals surface area contributed by atoms with Gasteiger partial charge in [0.25, 0.3) is 11.8 Å². The van der Waals surface area contributed by atoms with E-state index in [2.05, 4.69) is 54.0 Å². The van der Waals surface area contributed by atoms with Crippen LogP contribution in [0.15, 0.2) is 73.3 Å². The minimum absolute atomic E-state index is 0.114. The fraction of sp³-hybridized carbons (Fsp3) is 0.450. The molecule has 12 heteroatoms. The first-order valence-electron chi connectivity index (χ1n) is 18.7. The maximum Gasteiger partial charge on any atom is 0.274 e. The van der Waals surface area contributed by atoms with Crippen molar-refractivity contribution in [2.45, 2.75) is 25.7 Å². The van der Waals surface area contributed by atoms with Gasteiger partial charge >= 0.3 is 0 Å². The van der Waals surface area contributed by atoms with Crippen LogP contribution in [0.4, 0.5) is 0 Å². The average molecular weight is 707 g/mol. The molecule has 2 aliphatic rings. The third-order valence-electron chi connectivity index (χ3n) is 10.3. The highest BCUT2D eigenvalue weighted by molar-refractivity contribution is 6.04. The zero-order valence-electron chi connectivity index (χ0n) is 30.0. The van der Waals surface area contributed by atoms with E-state index in [1.54, 1.807) is 0 Å². The number of benzene rings is 2. The molecule has 3 aromatic heterocycles. The van der Waals surface area contributed by atoms with Crippen molar-refractivity contribution in [3.05, 3.63) is 95.8 Å². The number of para-hydroxylation sites is 2. The fourth-order valence-electron chi connectivity index (χ4n) is 7.39. The number of aromatic nitrogens is 4. The van der Waals surface area contributed by atoms with Gasteiger partial charge in [0.05, 0.1) is 26.4 Å². The number of aromatic amines is 2. The quantitative estimate of drug-likeness (QED) is 0.156. The number of nitrogens with one attached hydrogen (secondary N) is 2. The van der Waals surface area contributed by atoms with Crippen molar-refractivity contribution < 1.29 is 19.1 Å². The Labute approximate surface area is 305 Å². The van der Waals surface area contributed by atoms with E-state index in [1.807, 2.05) is 46.5 Å². The van der Waals surface area contributed by atoms with Crippen LogP contribution in [-0.2, 0) is 22.3 Å². The van der Waals surface area contributed by atoms with Crippen LogP contribution >= 0.6 is 0 Å². The van der Waals surface area contributed by atoms with Crippen molar-refractivity contribution in [3.8, 4) is 0 Å². The van der Waals surface area contributed by atoms with Crippen LogP contribution in [-0.4, -0.2) is 143 Å². The van der Waals surface area contributed by atoms with E-state index in [9.17, 15) is 9.59 Å². The van der Waals surface area contributed by atoms with Crippen molar-refractivity contribution in [2.75, 3.05) is 91.9 Å². The number of nitrogens with zero attached hydrogens (tertiary/aromatic N) is 6. The van der Waals surface area contributed by atoms with Gasteiger partial charge in [0.1, 0.15) is 0 Å². The number of morpholine rings is 2. The third kappa shape index (κ3) is 8.87. The molecule has 52 heavy (non-hydrogen) atoms. The zero-order valence-corrected chi connectivity index (χ0v) is 30.0. The summed E-state index contributed by atoms with van der Waals surface area (Å²) in [7, 11) is 0. The zero-order chi connectivity index (χ0) is 35.5. The lowest BCUT2D eigenvalue weighted by molar-refractivity contribution is 0.0355. The summed E-state index contributed by atoms with van der Waals surface area (Å²) in [6, 6.07) is 16.4. The van der Waals surface area contributed by atoms with Crippen LogP contribution in [0.3, 0.4) is 0 Å². The Hall–Kier alpha value is -4.62. The van der Waals surface area contributed by atoms with Gasteiger partial charge in [-0.25, -0.2) is 9.97 Å². The number of rotatable bonds is 16. The van der Waals surface area contributed by atoms with Crippen LogP contribution in [0.1, 0.15) is 44.9 Å². The van der Waals surface area contributed by atoms with Crippen LogP contribution in [0, 0.1) is 0 Å². The van der Waals surface area contributed by atoms with Crippen LogP contribution in [0.2, 0.25) is 0 Å². The van der Waals surface area contributed by atoms with E-state index in [0.717, 1.165) is 111 Å². The first-order chi connectivity index (χ1) is 25.6. The van der Waals surface area contributed by atoms with Gasteiger partial charge in [-0.1, -0.05) is 36.4 Å². The molecule has 0 radical (unpaired) electrons. The maximum absolute atomic E-state index is 14.5. The van der Waals surface area contributed by atoms with E-state index >= 15 is 0 Å². The predicted molar refractivity (Wildman–Crippen MR) is 202 cm³/mol. The Kier molecular flexibility index (Phi) is 12.2.